The van der Waals surface area contributed by atoms with Crippen LogP contribution in [0.25, 0.3) is 0 Å². The molecule has 3 rings (SSSR count). The van der Waals surface area contributed by atoms with Crippen LogP contribution < -0.4 is 9.47 Å². The molecular weight excluding hydrogens is 350 g/mol. The summed E-state index contributed by atoms with van der Waals surface area (Å²) in [5.41, 5.74) is 1.01. The smallest absolute Gasteiger partial charge is 0.307 e. The predicted molar refractivity (Wildman–Crippen MR) is 102 cm³/mol. The summed E-state index contributed by atoms with van der Waals surface area (Å²) in [4.78, 5) is 16.3. The van der Waals surface area contributed by atoms with Gasteiger partial charge in [0.15, 0.2) is 0 Å². The van der Waals surface area contributed by atoms with Crippen molar-refractivity contribution >= 4 is 17.3 Å². The van der Waals surface area contributed by atoms with E-state index in [2.05, 4.69) is 24.0 Å². The molecule has 2 unspecified atom stereocenters. The number of methoxy groups -OCH3 is 2. The highest BCUT2D eigenvalue weighted by Crippen LogP contribution is 2.41. The second-order valence-corrected chi connectivity index (χ2v) is 7.95. The standard InChI is InChI=1S/C20H25NO4S/c1-13-6-9-18(26-13)19(21-10-4-5-14(12-21)20(22)23)16-11-15(24-2)7-8-17(16)25-3/h6-9,11,14,19H,4-5,10,12H2,1-3H3,(H,22,23). The molecule has 2 heterocycles. The molecule has 0 radical (unpaired) electrons. The van der Waals surface area contributed by atoms with Gasteiger partial charge in [-0.15, -0.1) is 11.3 Å². The van der Waals surface area contributed by atoms with E-state index in [4.69, 9.17) is 9.47 Å². The van der Waals surface area contributed by atoms with Crippen molar-refractivity contribution in [3.05, 3.63) is 45.6 Å². The minimum atomic E-state index is -0.714. The lowest BCUT2D eigenvalue weighted by Gasteiger charge is -2.37. The zero-order chi connectivity index (χ0) is 18.7. The third-order valence-corrected chi connectivity index (χ3v) is 5.98. The summed E-state index contributed by atoms with van der Waals surface area (Å²) in [6, 6.07) is 10.0. The SMILES string of the molecule is COc1ccc(OC)c(C(c2ccc(C)s2)N2CCCC(C(=O)O)C2)c1. The summed E-state index contributed by atoms with van der Waals surface area (Å²) < 4.78 is 11.1. The molecule has 0 aliphatic carbocycles. The fourth-order valence-corrected chi connectivity index (χ4v) is 4.66. The van der Waals surface area contributed by atoms with Crippen LogP contribution in [-0.2, 0) is 4.79 Å². The van der Waals surface area contributed by atoms with Crippen molar-refractivity contribution in [1.29, 1.82) is 0 Å². The molecule has 6 heteroatoms. The molecule has 1 aliphatic rings. The number of aliphatic carboxylic acids is 1. The Kier molecular flexibility index (Phi) is 5.84. The first-order valence-electron chi connectivity index (χ1n) is 8.78. The zero-order valence-corrected chi connectivity index (χ0v) is 16.2. The van der Waals surface area contributed by atoms with Crippen LogP contribution in [-0.4, -0.2) is 43.3 Å². The van der Waals surface area contributed by atoms with Crippen molar-refractivity contribution in [2.24, 2.45) is 5.92 Å². The lowest BCUT2D eigenvalue weighted by atomic mass is 9.93. The second kappa shape index (κ2) is 8.10. The van der Waals surface area contributed by atoms with Crippen LogP contribution in [0.1, 0.15) is 34.2 Å². The van der Waals surface area contributed by atoms with Gasteiger partial charge in [0.1, 0.15) is 11.5 Å². The summed E-state index contributed by atoms with van der Waals surface area (Å²) in [6.07, 6.45) is 1.61. The Hall–Kier alpha value is -2.05. The molecule has 1 aliphatic heterocycles. The average molecular weight is 375 g/mol. The lowest BCUT2D eigenvalue weighted by molar-refractivity contribution is -0.143. The molecule has 1 N–H and O–H groups in total. The molecule has 140 valence electrons. The van der Waals surface area contributed by atoms with Crippen LogP contribution in [0.3, 0.4) is 0 Å². The third-order valence-electron chi connectivity index (χ3n) is 4.93. The number of piperidine rings is 1. The molecular formula is C20H25NO4S. The highest BCUT2D eigenvalue weighted by atomic mass is 32.1. The predicted octanol–water partition coefficient (Wildman–Crippen LogP) is 3.96. The Bertz CT molecular complexity index is 773. The minimum absolute atomic E-state index is 0.0408. The minimum Gasteiger partial charge on any atom is -0.497 e. The van der Waals surface area contributed by atoms with E-state index in [0.29, 0.717) is 6.54 Å². The first kappa shape index (κ1) is 18.7. The second-order valence-electron chi connectivity index (χ2n) is 6.63. The summed E-state index contributed by atoms with van der Waals surface area (Å²) in [7, 11) is 3.32. The topological polar surface area (TPSA) is 59.0 Å². The van der Waals surface area contributed by atoms with Crippen molar-refractivity contribution in [2.75, 3.05) is 27.3 Å². The van der Waals surface area contributed by atoms with E-state index in [9.17, 15) is 9.90 Å². The van der Waals surface area contributed by atoms with E-state index >= 15 is 0 Å². The van der Waals surface area contributed by atoms with Gasteiger partial charge >= 0.3 is 5.97 Å². The molecule has 2 atom stereocenters. The van der Waals surface area contributed by atoms with Crippen molar-refractivity contribution in [3.63, 3.8) is 0 Å². The van der Waals surface area contributed by atoms with E-state index in [0.717, 1.165) is 36.4 Å². The first-order valence-corrected chi connectivity index (χ1v) is 9.60. The Morgan fingerprint density at radius 2 is 2.08 bits per heavy atom. The number of carboxylic acid groups (broad SMARTS) is 1. The summed E-state index contributed by atoms with van der Waals surface area (Å²) in [5.74, 6) is 0.516. The molecule has 0 bridgehead atoms. The Balaban J connectivity index is 2.06. The van der Waals surface area contributed by atoms with Crippen molar-refractivity contribution < 1.29 is 19.4 Å². The molecule has 0 spiro atoms. The van der Waals surface area contributed by atoms with Crippen LogP contribution in [0.15, 0.2) is 30.3 Å². The highest BCUT2D eigenvalue weighted by Gasteiger charge is 2.33. The van der Waals surface area contributed by atoms with Gasteiger partial charge < -0.3 is 14.6 Å². The van der Waals surface area contributed by atoms with E-state index in [-0.39, 0.29) is 12.0 Å². The van der Waals surface area contributed by atoms with Crippen LogP contribution in [0.5, 0.6) is 11.5 Å². The number of thiophene rings is 1. The van der Waals surface area contributed by atoms with E-state index in [1.165, 1.54) is 9.75 Å². The van der Waals surface area contributed by atoms with Crippen LogP contribution >= 0.6 is 11.3 Å². The molecule has 1 fully saturated rings. The van der Waals surface area contributed by atoms with Crippen LogP contribution in [0.2, 0.25) is 0 Å². The van der Waals surface area contributed by atoms with Gasteiger partial charge in [-0.1, -0.05) is 0 Å². The maximum Gasteiger partial charge on any atom is 0.307 e. The van der Waals surface area contributed by atoms with Gasteiger partial charge in [0.2, 0.25) is 0 Å². The number of hydrogen-bond donors (Lipinski definition) is 1. The molecule has 1 aromatic heterocycles. The van der Waals surface area contributed by atoms with E-state index < -0.39 is 5.97 Å². The number of aryl methyl sites for hydroxylation is 1. The molecule has 1 saturated heterocycles. The number of nitrogens with zero attached hydrogens (tertiary/aromatic N) is 1. The van der Waals surface area contributed by atoms with Gasteiger partial charge in [-0.05, 0) is 56.6 Å². The lowest BCUT2D eigenvalue weighted by Crippen LogP contribution is -2.41. The summed E-state index contributed by atoms with van der Waals surface area (Å²) in [6.45, 7) is 3.49. The summed E-state index contributed by atoms with van der Waals surface area (Å²) >= 11 is 1.74. The maximum atomic E-state index is 11.6. The Labute approximate surface area is 158 Å². The van der Waals surface area contributed by atoms with Gasteiger partial charge in [0.25, 0.3) is 0 Å². The molecule has 2 aromatic rings. The van der Waals surface area contributed by atoms with Gasteiger partial charge in [0.05, 0.1) is 26.2 Å². The van der Waals surface area contributed by atoms with Gasteiger partial charge in [-0.2, -0.15) is 0 Å². The van der Waals surface area contributed by atoms with E-state index in [1.807, 2.05) is 18.2 Å². The number of carbonyl (C=O) groups is 1. The fourth-order valence-electron chi connectivity index (χ4n) is 3.63. The average Bonchev–Trinajstić information content (AvgIpc) is 3.08. The third kappa shape index (κ3) is 3.86. The first-order chi connectivity index (χ1) is 12.5. The Morgan fingerprint density at radius 3 is 2.69 bits per heavy atom. The van der Waals surface area contributed by atoms with Crippen LogP contribution in [0.4, 0.5) is 0 Å². The largest absolute Gasteiger partial charge is 0.497 e. The number of hydrogen-bond acceptors (Lipinski definition) is 5. The van der Waals surface area contributed by atoms with E-state index in [1.54, 1.807) is 25.6 Å². The normalized spacial score (nSPS) is 19.1. The highest BCUT2D eigenvalue weighted by molar-refractivity contribution is 7.12. The zero-order valence-electron chi connectivity index (χ0n) is 15.4. The number of ether oxygens (including phenoxy) is 2. The van der Waals surface area contributed by atoms with Crippen molar-refractivity contribution in [3.8, 4) is 11.5 Å². The molecule has 26 heavy (non-hydrogen) atoms. The summed E-state index contributed by atoms with van der Waals surface area (Å²) in [5, 5.41) is 9.50. The fraction of sp³-hybridized carbons (Fsp3) is 0.450. The van der Waals surface area contributed by atoms with Crippen LogP contribution in [0, 0.1) is 12.8 Å². The van der Waals surface area contributed by atoms with Gasteiger partial charge in [0, 0.05) is 21.9 Å². The molecule has 1 aromatic carbocycles. The number of likely N-dealkylation sites (tertiary alicyclic amines) is 1. The van der Waals surface area contributed by atoms with Gasteiger partial charge in [-0.3, -0.25) is 9.69 Å². The maximum absolute atomic E-state index is 11.6. The monoisotopic (exact) mass is 375 g/mol. The molecule has 0 saturated carbocycles. The number of rotatable bonds is 6. The van der Waals surface area contributed by atoms with Gasteiger partial charge in [-0.25, -0.2) is 0 Å². The number of benzene rings is 1. The Morgan fingerprint density at radius 1 is 1.27 bits per heavy atom. The quantitative estimate of drug-likeness (QED) is 0.828. The van der Waals surface area contributed by atoms with Crippen molar-refractivity contribution in [2.45, 2.75) is 25.8 Å². The molecule has 5 nitrogen and oxygen atoms in total. The van der Waals surface area contributed by atoms with Crippen molar-refractivity contribution in [1.82, 2.24) is 4.90 Å². The molecule has 0 amide bonds. The number of carboxylic acids is 1.